The van der Waals surface area contributed by atoms with Crippen LogP contribution in [-0.4, -0.2) is 35.0 Å². The van der Waals surface area contributed by atoms with Crippen LogP contribution in [0.15, 0.2) is 11.6 Å². The molecule has 0 aromatic carbocycles. The molecule has 5 fully saturated rings. The SMILES string of the molecule is C/C=C1/C[C@@H](O)CC[C@]1(C)[C@H]1CC2C(C)[C@](C)([C@H](C)CC[C@H]3NCC4(CC4)C[C@H]3O)CC[C@H]2C1(C)C. The Morgan fingerprint density at radius 1 is 1.06 bits per heavy atom. The Morgan fingerprint density at radius 3 is 2.42 bits per heavy atom. The summed E-state index contributed by atoms with van der Waals surface area (Å²) >= 11 is 0. The molecule has 2 unspecified atom stereocenters. The highest BCUT2D eigenvalue weighted by atomic mass is 16.3. The van der Waals surface area contributed by atoms with Gasteiger partial charge < -0.3 is 15.5 Å². The lowest BCUT2D eigenvalue weighted by atomic mass is 9.52. The number of nitrogens with one attached hydrogen (secondary N) is 1. The molecule has 0 aromatic heterocycles. The van der Waals surface area contributed by atoms with Gasteiger partial charge in [-0.25, -0.2) is 0 Å². The van der Waals surface area contributed by atoms with E-state index in [9.17, 15) is 10.2 Å². The smallest absolute Gasteiger partial charge is 0.0698 e. The Kier molecular flexibility index (Phi) is 7.08. The van der Waals surface area contributed by atoms with Gasteiger partial charge in [0.15, 0.2) is 0 Å². The van der Waals surface area contributed by atoms with E-state index in [4.69, 9.17) is 0 Å². The van der Waals surface area contributed by atoms with Gasteiger partial charge in [-0.2, -0.15) is 0 Å². The van der Waals surface area contributed by atoms with Crippen LogP contribution in [0.5, 0.6) is 0 Å². The highest BCUT2D eigenvalue weighted by molar-refractivity contribution is 5.22. The summed E-state index contributed by atoms with van der Waals surface area (Å²) in [6.07, 6.45) is 15.1. The molecule has 36 heavy (non-hydrogen) atoms. The highest BCUT2D eigenvalue weighted by Gasteiger charge is 2.61. The Balaban J connectivity index is 1.27. The third-order valence-electron chi connectivity index (χ3n) is 13.7. The van der Waals surface area contributed by atoms with Gasteiger partial charge in [0.2, 0.25) is 0 Å². The zero-order valence-electron chi connectivity index (χ0n) is 24.6. The Labute approximate surface area is 222 Å². The van der Waals surface area contributed by atoms with Gasteiger partial charge >= 0.3 is 0 Å². The summed E-state index contributed by atoms with van der Waals surface area (Å²) in [5, 5.41) is 25.0. The second kappa shape index (κ2) is 9.37. The molecule has 0 amide bonds. The van der Waals surface area contributed by atoms with Gasteiger partial charge in [0.1, 0.15) is 0 Å². The monoisotopic (exact) mass is 499 g/mol. The van der Waals surface area contributed by atoms with E-state index in [0.29, 0.717) is 34.1 Å². The van der Waals surface area contributed by atoms with Gasteiger partial charge in [0, 0.05) is 12.6 Å². The number of aliphatic hydroxyl groups excluding tert-OH is 2. The lowest BCUT2D eigenvalue weighted by molar-refractivity contribution is -0.0328. The number of aliphatic hydroxyl groups is 2. The normalized spacial score (nSPS) is 49.7. The average Bonchev–Trinajstić information content (AvgIpc) is 3.51. The second-order valence-electron chi connectivity index (χ2n) is 15.6. The average molecular weight is 500 g/mol. The molecule has 0 bridgehead atoms. The molecule has 3 heteroatoms. The van der Waals surface area contributed by atoms with Crippen LogP contribution in [0.25, 0.3) is 0 Å². The molecule has 3 nitrogen and oxygen atoms in total. The molecule has 10 atom stereocenters. The van der Waals surface area contributed by atoms with E-state index >= 15 is 0 Å². The molecular weight excluding hydrogens is 442 g/mol. The summed E-state index contributed by atoms with van der Waals surface area (Å²) in [7, 11) is 0. The fraction of sp³-hybridized carbons (Fsp3) is 0.939. The molecule has 4 saturated carbocycles. The zero-order valence-corrected chi connectivity index (χ0v) is 24.6. The molecule has 0 aromatic rings. The minimum atomic E-state index is -0.152. The number of rotatable bonds is 5. The van der Waals surface area contributed by atoms with Crippen molar-refractivity contribution in [2.24, 2.45) is 51.2 Å². The van der Waals surface area contributed by atoms with Gasteiger partial charge in [-0.05, 0) is 129 Å². The van der Waals surface area contributed by atoms with E-state index in [0.717, 1.165) is 56.4 Å². The third-order valence-corrected chi connectivity index (χ3v) is 13.7. The van der Waals surface area contributed by atoms with Crippen LogP contribution >= 0.6 is 0 Å². The first-order valence-electron chi connectivity index (χ1n) is 15.6. The minimum Gasteiger partial charge on any atom is -0.393 e. The Bertz CT molecular complexity index is 845. The van der Waals surface area contributed by atoms with Gasteiger partial charge in [0.25, 0.3) is 0 Å². The summed E-state index contributed by atoms with van der Waals surface area (Å²) in [4.78, 5) is 0. The lowest BCUT2D eigenvalue weighted by Crippen LogP contribution is -2.50. The topological polar surface area (TPSA) is 52.5 Å². The van der Waals surface area contributed by atoms with Gasteiger partial charge in [0.05, 0.1) is 12.2 Å². The van der Waals surface area contributed by atoms with Crippen LogP contribution < -0.4 is 5.32 Å². The number of piperidine rings is 1. The van der Waals surface area contributed by atoms with E-state index in [-0.39, 0.29) is 17.6 Å². The van der Waals surface area contributed by atoms with Crippen molar-refractivity contribution in [3.05, 3.63) is 11.6 Å². The fourth-order valence-corrected chi connectivity index (χ4v) is 10.5. The summed E-state index contributed by atoms with van der Waals surface area (Å²) in [6.45, 7) is 18.8. The van der Waals surface area contributed by atoms with Crippen LogP contribution in [0.1, 0.15) is 119 Å². The van der Waals surface area contributed by atoms with Crippen LogP contribution in [0, 0.1) is 51.2 Å². The maximum atomic E-state index is 10.8. The molecular formula is C33H57NO2. The number of allylic oxidation sites excluding steroid dienone is 1. The molecule has 1 heterocycles. The van der Waals surface area contributed by atoms with Crippen molar-refractivity contribution in [2.75, 3.05) is 6.54 Å². The van der Waals surface area contributed by atoms with E-state index in [1.807, 2.05) is 0 Å². The molecule has 0 radical (unpaired) electrons. The van der Waals surface area contributed by atoms with Crippen LogP contribution in [0.2, 0.25) is 0 Å². The number of hydrogen-bond acceptors (Lipinski definition) is 3. The van der Waals surface area contributed by atoms with Crippen LogP contribution in [0.3, 0.4) is 0 Å². The standard InChI is InChI=1S/C33H57NO2/c1-8-23-17-24(35)11-13-32(23,7)29-18-25-22(3)31(6,14-12-26(25)30(29,4)5)21(2)9-10-27-28(36)19-33(15-16-33)20-34-27/h8,21-22,24-29,34-36H,9-20H2,1-7H3/b23-8-/t21-,22?,24+,25?,26-,27-,28-,29+,31+,32+/m1/s1. The van der Waals surface area contributed by atoms with Gasteiger partial charge in [-0.1, -0.05) is 53.2 Å². The van der Waals surface area contributed by atoms with E-state index < -0.39 is 0 Å². The van der Waals surface area contributed by atoms with Crippen molar-refractivity contribution in [2.45, 2.75) is 137 Å². The zero-order chi connectivity index (χ0) is 26.1. The first-order valence-corrected chi connectivity index (χ1v) is 15.6. The predicted octanol–water partition coefficient (Wildman–Crippen LogP) is 7.12. The van der Waals surface area contributed by atoms with Gasteiger partial charge in [-0.3, -0.25) is 0 Å². The predicted molar refractivity (Wildman–Crippen MR) is 150 cm³/mol. The summed E-state index contributed by atoms with van der Waals surface area (Å²) < 4.78 is 0. The molecule has 3 N–H and O–H groups in total. The maximum Gasteiger partial charge on any atom is 0.0698 e. The molecule has 5 aliphatic rings. The lowest BCUT2D eigenvalue weighted by Gasteiger charge is -2.53. The summed E-state index contributed by atoms with van der Waals surface area (Å²) in [6, 6.07) is 0.296. The highest BCUT2D eigenvalue weighted by Crippen LogP contribution is 2.68. The van der Waals surface area contributed by atoms with E-state index in [2.05, 4.69) is 59.9 Å². The largest absolute Gasteiger partial charge is 0.393 e. The first kappa shape index (κ1) is 27.2. The van der Waals surface area contributed by atoms with Crippen molar-refractivity contribution in [3.63, 3.8) is 0 Å². The van der Waals surface area contributed by atoms with Crippen molar-refractivity contribution in [1.29, 1.82) is 0 Å². The Hall–Kier alpha value is -0.380. The molecule has 206 valence electrons. The molecule has 1 aliphatic heterocycles. The fourth-order valence-electron chi connectivity index (χ4n) is 10.5. The number of fused-ring (bicyclic) bond motifs is 1. The Morgan fingerprint density at radius 2 is 1.78 bits per heavy atom. The van der Waals surface area contributed by atoms with Crippen molar-refractivity contribution in [1.82, 2.24) is 5.32 Å². The first-order chi connectivity index (χ1) is 16.9. The molecule has 4 aliphatic carbocycles. The molecule has 5 rings (SSSR count). The van der Waals surface area contributed by atoms with E-state index in [1.165, 1.54) is 44.1 Å². The van der Waals surface area contributed by atoms with E-state index in [1.54, 1.807) is 0 Å². The number of hydrogen-bond donors (Lipinski definition) is 3. The summed E-state index contributed by atoms with van der Waals surface area (Å²) in [5.41, 5.74) is 2.94. The van der Waals surface area contributed by atoms with Crippen LogP contribution in [-0.2, 0) is 0 Å². The summed E-state index contributed by atoms with van der Waals surface area (Å²) in [5.74, 6) is 3.75. The van der Waals surface area contributed by atoms with Gasteiger partial charge in [-0.15, -0.1) is 0 Å². The quantitative estimate of drug-likeness (QED) is 0.353. The van der Waals surface area contributed by atoms with Crippen molar-refractivity contribution in [3.8, 4) is 0 Å². The molecule has 1 saturated heterocycles. The second-order valence-corrected chi connectivity index (χ2v) is 15.6. The molecule has 1 spiro atoms. The van der Waals surface area contributed by atoms with Crippen LogP contribution in [0.4, 0.5) is 0 Å². The minimum absolute atomic E-state index is 0.147. The van der Waals surface area contributed by atoms with Crippen molar-refractivity contribution < 1.29 is 10.2 Å². The maximum absolute atomic E-state index is 10.8. The van der Waals surface area contributed by atoms with Crippen molar-refractivity contribution >= 4 is 0 Å². The third kappa shape index (κ3) is 4.36.